The smallest absolute Gasteiger partial charge is 0.854 e. The van der Waals surface area contributed by atoms with E-state index in [2.05, 4.69) is 51.8 Å². The molecule has 0 saturated heterocycles. The molecule has 16 nitrogen and oxygen atoms in total. The molecule has 0 aliphatic carbocycles. The number of aliphatic hydroxyl groups excluding tert-OH is 1. The third kappa shape index (κ3) is 37.8. The van der Waals surface area contributed by atoms with Crippen LogP contribution in [0.5, 0.6) is 0 Å². The zero-order chi connectivity index (χ0) is 49.9. The van der Waals surface area contributed by atoms with E-state index < -0.39 is 41.8 Å². The summed E-state index contributed by atoms with van der Waals surface area (Å²) in [6.07, 6.45) is 12.2. The van der Waals surface area contributed by atoms with Crippen molar-refractivity contribution in [3.63, 3.8) is 0 Å². The van der Waals surface area contributed by atoms with Crippen molar-refractivity contribution in [2.24, 2.45) is 0 Å². The first-order valence-electron chi connectivity index (χ1n) is 19.9. The fourth-order valence-corrected chi connectivity index (χ4v) is 4.15. The molecule has 0 spiro atoms. The number of aliphatic hydroxyl groups is 1. The molecule has 0 aliphatic rings. The van der Waals surface area contributed by atoms with Crippen LogP contribution < -0.4 is 45.7 Å². The summed E-state index contributed by atoms with van der Waals surface area (Å²) in [5, 5.41) is 26.7. The van der Waals surface area contributed by atoms with Crippen molar-refractivity contribution < 1.29 is 66.4 Å². The minimum absolute atomic E-state index is 0. The molecule has 0 saturated carbocycles. The number of ether oxygens (including phenoxy) is 3. The van der Waals surface area contributed by atoms with Crippen LogP contribution in [0.2, 0.25) is 0 Å². The van der Waals surface area contributed by atoms with E-state index in [9.17, 15) is 28.3 Å². The molecular weight excluding hydrogens is 964 g/mol. The van der Waals surface area contributed by atoms with Crippen LogP contribution in [-0.2, 0) is 33.5 Å². The van der Waals surface area contributed by atoms with Gasteiger partial charge in [-0.3, -0.25) is 44.7 Å². The molecule has 4 rings (SSSR count). The number of aryl methyl sites for hydroxylation is 2. The molecule has 66 heavy (non-hydrogen) atoms. The predicted molar refractivity (Wildman–Crippen MR) is 256 cm³/mol. The third-order valence-corrected chi connectivity index (χ3v) is 6.86. The van der Waals surface area contributed by atoms with Gasteiger partial charge in [-0.25, -0.2) is 14.4 Å². The molecule has 0 aromatic carbocycles. The quantitative estimate of drug-likeness (QED) is 0.0635. The standard InChI is InChI=1S/C12H17FN2O2.C12H18N2O3.C10H14N2O2.C7H9FN2.C2H4BrO.CH2Cl2.Li/c1-12(2,3)17-11(16)15-10-5-7-14-8-9(10)4-6-13;1-12(2,3)17-11(16)14-10-4-6-13-8-9(10)5-7-15;1-10(2,3)14-9(13)12-8-4-6-11-7-5-8;8-3-1-6-5-10-4-2-7(6)9;3-1-2-4;2-1-3;/h5,7-8H,4,6H2,1-3H3,(H,14,15,16);4,6,8,15H,5,7H2,1-3H3,(H,13,14,16);4-7H,1-3H3,(H,11,12,13);2,4-5H,1,3H2,(H2,9,10);1-2H2;1H2;/q;;;;-1;;+1. The van der Waals surface area contributed by atoms with Crippen LogP contribution in [0.4, 0.5) is 45.9 Å². The van der Waals surface area contributed by atoms with Crippen LogP contribution in [0.1, 0.15) is 79.0 Å². The van der Waals surface area contributed by atoms with E-state index in [4.69, 9.17) is 48.3 Å². The molecule has 4 aromatic heterocycles. The van der Waals surface area contributed by atoms with E-state index in [0.717, 1.165) is 11.1 Å². The number of nitrogen functional groups attached to an aromatic ring is 1. The first-order chi connectivity index (χ1) is 30.5. The molecule has 6 N–H and O–H groups in total. The SMILES string of the molecule is CC(C)(C)OC(=O)Nc1ccncc1.CC(C)(C)OC(=O)Nc1ccncc1CCF.CC(C)(C)OC(=O)Nc1ccncc1CCO.ClCCl.Nc1ccncc1CCF.[Li+].[O-]CCBr. The molecule has 0 bridgehead atoms. The first kappa shape index (κ1) is 65.9. The number of aromatic nitrogens is 4. The maximum atomic E-state index is 12.3. The zero-order valence-corrected chi connectivity index (χ0v) is 42.5. The van der Waals surface area contributed by atoms with Crippen molar-refractivity contribution in [3.05, 3.63) is 96.6 Å². The summed E-state index contributed by atoms with van der Waals surface area (Å²) >= 11 is 12.5. The second kappa shape index (κ2) is 37.7. The van der Waals surface area contributed by atoms with E-state index in [1.54, 1.807) is 109 Å². The summed E-state index contributed by atoms with van der Waals surface area (Å²) in [4.78, 5) is 49.9. The summed E-state index contributed by atoms with van der Waals surface area (Å²) in [6, 6.07) is 8.36. The molecule has 4 aromatic rings. The molecule has 4 heterocycles. The topological polar surface area (TPSA) is 236 Å². The second-order valence-electron chi connectivity index (χ2n) is 15.6. The van der Waals surface area contributed by atoms with Crippen molar-refractivity contribution >= 4 is 80.2 Å². The number of alkyl halides is 5. The van der Waals surface area contributed by atoms with Gasteiger partial charge >= 0.3 is 37.1 Å². The summed E-state index contributed by atoms with van der Waals surface area (Å²) < 4.78 is 39.4. The Kier molecular flexibility index (Phi) is 37.7. The van der Waals surface area contributed by atoms with Crippen LogP contribution in [0.3, 0.4) is 0 Å². The van der Waals surface area contributed by atoms with Crippen molar-refractivity contribution in [3.8, 4) is 0 Å². The molecular formula is C44H64BrCl2F2LiN8O8. The maximum absolute atomic E-state index is 12.3. The zero-order valence-electron chi connectivity index (χ0n) is 39.4. The number of carbonyl (C=O) groups is 3. The van der Waals surface area contributed by atoms with Crippen LogP contribution in [0.25, 0.3) is 0 Å². The molecule has 22 heteroatoms. The minimum Gasteiger partial charge on any atom is -0.854 e. The number of hydrogen-bond donors (Lipinski definition) is 5. The van der Waals surface area contributed by atoms with E-state index in [-0.39, 0.29) is 50.5 Å². The Balaban J connectivity index is -0.000000770. The molecule has 0 atom stereocenters. The number of pyridine rings is 4. The fraction of sp³-hybridized carbons (Fsp3) is 0.477. The Hall–Kier alpha value is -4.35. The van der Waals surface area contributed by atoms with Crippen LogP contribution in [0, 0.1) is 0 Å². The number of nitrogens with zero attached hydrogens (tertiary/aromatic N) is 4. The molecule has 0 fully saturated rings. The average Bonchev–Trinajstić information content (AvgIpc) is 3.20. The van der Waals surface area contributed by atoms with Crippen LogP contribution >= 0.6 is 39.1 Å². The Morgan fingerprint density at radius 2 is 0.985 bits per heavy atom. The fourth-order valence-electron chi connectivity index (χ4n) is 4.15. The maximum Gasteiger partial charge on any atom is 1.00 e. The van der Waals surface area contributed by atoms with Gasteiger partial charge in [-0.2, -0.15) is 0 Å². The van der Waals surface area contributed by atoms with Gasteiger partial charge in [-0.05, 0) is 121 Å². The molecule has 0 unspecified atom stereocenters. The Morgan fingerprint density at radius 3 is 1.33 bits per heavy atom. The molecule has 364 valence electrons. The van der Waals surface area contributed by atoms with E-state index in [0.29, 0.717) is 46.5 Å². The number of hydrogen-bond acceptors (Lipinski definition) is 13. The Bertz CT molecular complexity index is 1820. The summed E-state index contributed by atoms with van der Waals surface area (Å²) in [5.41, 5.74) is 8.59. The number of nitrogens with two attached hydrogens (primary N) is 1. The summed E-state index contributed by atoms with van der Waals surface area (Å²) in [6.45, 7) is 15.3. The Morgan fingerprint density at radius 1 is 0.652 bits per heavy atom. The van der Waals surface area contributed by atoms with E-state index in [1.165, 1.54) is 12.4 Å². The van der Waals surface area contributed by atoms with Gasteiger partial charge in [0.1, 0.15) is 16.8 Å². The van der Waals surface area contributed by atoms with Gasteiger partial charge in [0.15, 0.2) is 0 Å². The molecule has 0 radical (unpaired) electrons. The van der Waals surface area contributed by atoms with Crippen LogP contribution in [-0.4, -0.2) is 97.4 Å². The third-order valence-electron chi connectivity index (χ3n) is 6.53. The minimum atomic E-state index is -0.558. The van der Waals surface area contributed by atoms with Crippen molar-refractivity contribution in [1.29, 1.82) is 0 Å². The number of halogens is 5. The monoisotopic (exact) mass is 1030 g/mol. The average molecular weight is 1030 g/mol. The largest absolute Gasteiger partial charge is 1.00 e. The van der Waals surface area contributed by atoms with Crippen molar-refractivity contribution in [2.75, 3.05) is 58.9 Å². The summed E-state index contributed by atoms with van der Waals surface area (Å²) in [7, 11) is 0. The number of anilines is 4. The normalized spacial score (nSPS) is 10.2. The van der Waals surface area contributed by atoms with Crippen molar-refractivity contribution in [1.82, 2.24) is 19.9 Å². The first-order valence-corrected chi connectivity index (χ1v) is 22.1. The van der Waals surface area contributed by atoms with Gasteiger partial charge in [-0.15, -0.1) is 29.8 Å². The summed E-state index contributed by atoms with van der Waals surface area (Å²) in [5.74, 6) is 0. The molecule has 3 amide bonds. The van der Waals surface area contributed by atoms with Gasteiger partial charge < -0.3 is 30.2 Å². The second-order valence-corrected chi connectivity index (χ2v) is 17.2. The van der Waals surface area contributed by atoms with E-state index in [1.807, 2.05) is 20.8 Å². The number of amides is 3. The van der Waals surface area contributed by atoms with Gasteiger partial charge in [0, 0.05) is 80.4 Å². The van der Waals surface area contributed by atoms with Gasteiger partial charge in [-0.1, -0.05) is 15.9 Å². The molecule has 0 aliphatic heterocycles. The van der Waals surface area contributed by atoms with Gasteiger partial charge in [0.2, 0.25) is 0 Å². The van der Waals surface area contributed by atoms with Crippen LogP contribution in [0.15, 0.2) is 79.9 Å². The Labute approximate surface area is 418 Å². The van der Waals surface area contributed by atoms with Gasteiger partial charge in [0.25, 0.3) is 0 Å². The van der Waals surface area contributed by atoms with Crippen molar-refractivity contribution in [2.45, 2.75) is 98.4 Å². The predicted octanol–water partition coefficient (Wildman–Crippen LogP) is 6.68. The number of rotatable bonds is 10. The van der Waals surface area contributed by atoms with Gasteiger partial charge in [0.05, 0.1) is 30.1 Å². The van der Waals surface area contributed by atoms with E-state index >= 15 is 0 Å². The number of carbonyl (C=O) groups excluding carboxylic acids is 3. The number of nitrogens with one attached hydrogen (secondary N) is 3.